The van der Waals surface area contributed by atoms with Crippen molar-refractivity contribution in [2.24, 2.45) is 0 Å². The zero-order valence-corrected chi connectivity index (χ0v) is 18.9. The van der Waals surface area contributed by atoms with Crippen molar-refractivity contribution < 1.29 is 19.1 Å². The van der Waals surface area contributed by atoms with Gasteiger partial charge in [0.25, 0.3) is 11.1 Å². The zero-order chi connectivity index (χ0) is 22.5. The summed E-state index contributed by atoms with van der Waals surface area (Å²) in [4.78, 5) is 38.6. The second-order valence-corrected chi connectivity index (χ2v) is 8.51. The minimum atomic E-state index is -0.467. The standard InChI is InChI=1S/C24H26N2O4S/c1-5-17(4)30-20-10-7-18(8-11-20)13-21-23(28)26(24(29)31-21)14-22(27)25-19-9-6-15(2)16(3)12-19/h6-13,17H,5,14H2,1-4H3,(H,25,27)/b21-13+/t17-/m1/s1. The summed E-state index contributed by atoms with van der Waals surface area (Å²) in [6.45, 7) is 7.67. The molecule has 2 aromatic rings. The van der Waals surface area contributed by atoms with Crippen LogP contribution in [0.1, 0.15) is 37.0 Å². The van der Waals surface area contributed by atoms with Crippen LogP contribution in [-0.4, -0.2) is 34.6 Å². The Morgan fingerprint density at radius 3 is 2.48 bits per heavy atom. The van der Waals surface area contributed by atoms with Crippen LogP contribution in [0.25, 0.3) is 6.08 Å². The van der Waals surface area contributed by atoms with Gasteiger partial charge in [0.1, 0.15) is 12.3 Å². The van der Waals surface area contributed by atoms with Crippen LogP contribution in [0.15, 0.2) is 47.4 Å². The van der Waals surface area contributed by atoms with Gasteiger partial charge >= 0.3 is 0 Å². The first-order valence-corrected chi connectivity index (χ1v) is 11.0. The monoisotopic (exact) mass is 438 g/mol. The molecule has 0 saturated carbocycles. The predicted octanol–water partition coefficient (Wildman–Crippen LogP) is 5.16. The number of thioether (sulfide) groups is 1. The van der Waals surface area contributed by atoms with Gasteiger partial charge in [-0.3, -0.25) is 19.3 Å². The molecule has 3 rings (SSSR count). The maximum Gasteiger partial charge on any atom is 0.294 e. The van der Waals surface area contributed by atoms with Gasteiger partial charge in [0, 0.05) is 5.69 Å². The Bertz CT molecular complexity index is 1030. The number of hydrogen-bond donors (Lipinski definition) is 1. The van der Waals surface area contributed by atoms with Crippen molar-refractivity contribution in [3.05, 3.63) is 64.1 Å². The number of benzene rings is 2. The third kappa shape index (κ3) is 5.76. The summed E-state index contributed by atoms with van der Waals surface area (Å²) >= 11 is 0.835. The molecule has 0 aromatic heterocycles. The minimum Gasteiger partial charge on any atom is -0.491 e. The van der Waals surface area contributed by atoms with Gasteiger partial charge in [-0.05, 0) is 86.0 Å². The van der Waals surface area contributed by atoms with E-state index >= 15 is 0 Å². The van der Waals surface area contributed by atoms with Crippen molar-refractivity contribution in [3.63, 3.8) is 0 Å². The molecule has 6 nitrogen and oxygen atoms in total. The third-order valence-electron chi connectivity index (χ3n) is 5.06. The second-order valence-electron chi connectivity index (χ2n) is 7.52. The van der Waals surface area contributed by atoms with E-state index in [0.29, 0.717) is 10.6 Å². The van der Waals surface area contributed by atoms with E-state index in [0.717, 1.165) is 45.5 Å². The number of anilines is 1. The first-order valence-electron chi connectivity index (χ1n) is 10.2. The maximum atomic E-state index is 12.7. The molecule has 0 spiro atoms. The molecule has 0 radical (unpaired) electrons. The highest BCUT2D eigenvalue weighted by Crippen LogP contribution is 2.32. The topological polar surface area (TPSA) is 75.7 Å². The number of nitrogens with one attached hydrogen (secondary N) is 1. The van der Waals surface area contributed by atoms with E-state index < -0.39 is 17.1 Å². The molecule has 2 aromatic carbocycles. The van der Waals surface area contributed by atoms with Crippen molar-refractivity contribution in [2.75, 3.05) is 11.9 Å². The molecule has 1 atom stereocenters. The van der Waals surface area contributed by atoms with Crippen LogP contribution in [0.4, 0.5) is 10.5 Å². The number of ether oxygens (including phenoxy) is 1. The molecule has 0 bridgehead atoms. The molecule has 31 heavy (non-hydrogen) atoms. The van der Waals surface area contributed by atoms with Crippen molar-refractivity contribution in [1.82, 2.24) is 4.90 Å². The van der Waals surface area contributed by atoms with E-state index in [1.807, 2.05) is 57.2 Å². The molecule has 1 saturated heterocycles. The van der Waals surface area contributed by atoms with Crippen LogP contribution < -0.4 is 10.1 Å². The summed E-state index contributed by atoms with van der Waals surface area (Å²) in [7, 11) is 0. The second kappa shape index (κ2) is 9.83. The molecule has 1 N–H and O–H groups in total. The zero-order valence-electron chi connectivity index (χ0n) is 18.1. The Labute approximate surface area is 186 Å². The minimum absolute atomic E-state index is 0.123. The predicted molar refractivity (Wildman–Crippen MR) is 124 cm³/mol. The Balaban J connectivity index is 1.64. The average molecular weight is 439 g/mol. The SMILES string of the molecule is CC[C@@H](C)Oc1ccc(/C=C2/SC(=O)N(CC(=O)Nc3ccc(C)c(C)c3)C2=O)cc1. The van der Waals surface area contributed by atoms with Crippen molar-refractivity contribution in [2.45, 2.75) is 40.2 Å². The summed E-state index contributed by atoms with van der Waals surface area (Å²) in [5, 5.41) is 2.29. The van der Waals surface area contributed by atoms with Gasteiger partial charge in [-0.15, -0.1) is 0 Å². The van der Waals surface area contributed by atoms with Crippen LogP contribution >= 0.6 is 11.8 Å². The smallest absolute Gasteiger partial charge is 0.294 e. The summed E-state index contributed by atoms with van der Waals surface area (Å²) in [5.74, 6) is -0.133. The number of carbonyl (C=O) groups is 3. The van der Waals surface area contributed by atoms with Crippen LogP contribution in [-0.2, 0) is 9.59 Å². The molecule has 1 aliphatic rings. The highest BCUT2D eigenvalue weighted by molar-refractivity contribution is 8.18. The highest BCUT2D eigenvalue weighted by atomic mass is 32.2. The van der Waals surface area contributed by atoms with Crippen LogP contribution in [0.5, 0.6) is 5.75 Å². The van der Waals surface area contributed by atoms with E-state index in [4.69, 9.17) is 4.74 Å². The van der Waals surface area contributed by atoms with E-state index in [1.54, 1.807) is 12.1 Å². The molecule has 1 aliphatic heterocycles. The molecular formula is C24H26N2O4S. The molecule has 7 heteroatoms. The summed E-state index contributed by atoms with van der Waals surface area (Å²) < 4.78 is 5.75. The summed E-state index contributed by atoms with van der Waals surface area (Å²) in [6, 6.07) is 12.9. The van der Waals surface area contributed by atoms with Crippen molar-refractivity contribution >= 4 is 40.6 Å². The Hall–Kier alpha value is -3.06. The number of imide groups is 1. The average Bonchev–Trinajstić information content (AvgIpc) is 2.99. The van der Waals surface area contributed by atoms with Crippen LogP contribution in [0.2, 0.25) is 0 Å². The van der Waals surface area contributed by atoms with Gasteiger partial charge in [-0.25, -0.2) is 0 Å². The first kappa shape index (κ1) is 22.6. The fourth-order valence-electron chi connectivity index (χ4n) is 2.91. The Morgan fingerprint density at radius 1 is 1.13 bits per heavy atom. The van der Waals surface area contributed by atoms with Gasteiger partial charge in [0.05, 0.1) is 11.0 Å². The number of aryl methyl sites for hydroxylation is 2. The molecule has 3 amide bonds. The lowest BCUT2D eigenvalue weighted by Crippen LogP contribution is -2.36. The quantitative estimate of drug-likeness (QED) is 0.605. The summed E-state index contributed by atoms with van der Waals surface area (Å²) in [6.07, 6.45) is 2.68. The molecule has 1 fully saturated rings. The fourth-order valence-corrected chi connectivity index (χ4v) is 3.75. The lowest BCUT2D eigenvalue weighted by atomic mass is 10.1. The first-order chi connectivity index (χ1) is 14.8. The van der Waals surface area contributed by atoms with Crippen LogP contribution in [0.3, 0.4) is 0 Å². The van der Waals surface area contributed by atoms with Gasteiger partial charge in [-0.2, -0.15) is 0 Å². The van der Waals surface area contributed by atoms with E-state index in [1.165, 1.54) is 0 Å². The summed E-state index contributed by atoms with van der Waals surface area (Å²) in [5.41, 5.74) is 3.58. The largest absolute Gasteiger partial charge is 0.491 e. The van der Waals surface area contributed by atoms with E-state index in [9.17, 15) is 14.4 Å². The molecular weight excluding hydrogens is 412 g/mol. The maximum absolute atomic E-state index is 12.7. The van der Waals surface area contributed by atoms with Crippen molar-refractivity contribution in [3.8, 4) is 5.75 Å². The normalized spacial score (nSPS) is 16.0. The van der Waals surface area contributed by atoms with E-state index in [2.05, 4.69) is 12.2 Å². The van der Waals surface area contributed by atoms with Gasteiger partial charge in [-0.1, -0.05) is 25.1 Å². The number of carbonyl (C=O) groups excluding carboxylic acids is 3. The number of amides is 3. The Morgan fingerprint density at radius 2 is 1.84 bits per heavy atom. The number of nitrogens with zero attached hydrogens (tertiary/aromatic N) is 1. The molecule has 1 heterocycles. The molecule has 162 valence electrons. The van der Waals surface area contributed by atoms with Gasteiger partial charge in [0.2, 0.25) is 5.91 Å². The fraction of sp³-hybridized carbons (Fsp3) is 0.292. The van der Waals surface area contributed by atoms with Gasteiger partial charge in [0.15, 0.2) is 0 Å². The lowest BCUT2D eigenvalue weighted by molar-refractivity contribution is -0.127. The molecule has 0 aliphatic carbocycles. The highest BCUT2D eigenvalue weighted by Gasteiger charge is 2.36. The lowest BCUT2D eigenvalue weighted by Gasteiger charge is -2.13. The number of rotatable bonds is 7. The third-order valence-corrected chi connectivity index (χ3v) is 5.96. The number of hydrogen-bond acceptors (Lipinski definition) is 5. The molecule has 0 unspecified atom stereocenters. The Kier molecular flexibility index (Phi) is 7.17. The van der Waals surface area contributed by atoms with Crippen LogP contribution in [0, 0.1) is 13.8 Å². The van der Waals surface area contributed by atoms with Crippen molar-refractivity contribution in [1.29, 1.82) is 0 Å². The van der Waals surface area contributed by atoms with Gasteiger partial charge < -0.3 is 10.1 Å². The van der Waals surface area contributed by atoms with E-state index in [-0.39, 0.29) is 12.6 Å².